The molecule has 112 valence electrons. The minimum Gasteiger partial charge on any atom is -0.477 e. The summed E-state index contributed by atoms with van der Waals surface area (Å²) in [6.07, 6.45) is 7.13. The van der Waals surface area contributed by atoms with E-state index in [-0.39, 0.29) is 0 Å². The summed E-state index contributed by atoms with van der Waals surface area (Å²) in [4.78, 5) is 4.43. The van der Waals surface area contributed by atoms with E-state index in [9.17, 15) is 0 Å². The van der Waals surface area contributed by atoms with Gasteiger partial charge in [0.25, 0.3) is 0 Å². The maximum absolute atomic E-state index is 5.96. The second kappa shape index (κ2) is 7.99. The van der Waals surface area contributed by atoms with Gasteiger partial charge in [-0.3, -0.25) is 0 Å². The number of pyridine rings is 1. The molecule has 3 nitrogen and oxygen atoms in total. The van der Waals surface area contributed by atoms with Gasteiger partial charge in [-0.25, -0.2) is 4.98 Å². The van der Waals surface area contributed by atoms with Crippen molar-refractivity contribution in [2.24, 2.45) is 11.8 Å². The van der Waals surface area contributed by atoms with Crippen LogP contribution in [0.2, 0.25) is 0 Å². The van der Waals surface area contributed by atoms with Gasteiger partial charge in [-0.2, -0.15) is 0 Å². The third-order valence-corrected chi connectivity index (χ3v) is 4.12. The van der Waals surface area contributed by atoms with E-state index < -0.39 is 0 Å². The number of nitrogens with zero attached hydrogens (tertiary/aromatic N) is 1. The lowest BCUT2D eigenvalue weighted by Crippen LogP contribution is -2.20. The molecule has 4 heteroatoms. The van der Waals surface area contributed by atoms with Crippen molar-refractivity contribution in [3.05, 3.63) is 22.3 Å². The summed E-state index contributed by atoms with van der Waals surface area (Å²) in [6, 6.07) is 2.10. The summed E-state index contributed by atoms with van der Waals surface area (Å²) < 4.78 is 6.97. The van der Waals surface area contributed by atoms with Crippen molar-refractivity contribution in [2.75, 3.05) is 13.2 Å². The lowest BCUT2D eigenvalue weighted by Gasteiger charge is -2.15. The van der Waals surface area contributed by atoms with Crippen LogP contribution in [0.1, 0.15) is 45.1 Å². The van der Waals surface area contributed by atoms with Gasteiger partial charge in [0, 0.05) is 22.8 Å². The highest BCUT2D eigenvalue weighted by atomic mass is 79.9. The summed E-state index contributed by atoms with van der Waals surface area (Å²) in [7, 11) is 0. The molecule has 1 saturated carbocycles. The van der Waals surface area contributed by atoms with Gasteiger partial charge in [-0.1, -0.05) is 26.7 Å². The molecule has 2 rings (SSSR count). The summed E-state index contributed by atoms with van der Waals surface area (Å²) >= 11 is 3.49. The Morgan fingerprint density at radius 1 is 1.40 bits per heavy atom. The van der Waals surface area contributed by atoms with Crippen LogP contribution in [-0.4, -0.2) is 18.1 Å². The van der Waals surface area contributed by atoms with Crippen molar-refractivity contribution in [1.29, 1.82) is 0 Å². The molecule has 0 bridgehead atoms. The molecule has 0 unspecified atom stereocenters. The van der Waals surface area contributed by atoms with Gasteiger partial charge in [-0.05, 0) is 53.2 Å². The zero-order valence-electron chi connectivity index (χ0n) is 12.5. The van der Waals surface area contributed by atoms with Gasteiger partial charge in [0.05, 0.1) is 6.61 Å². The zero-order chi connectivity index (χ0) is 14.4. The molecule has 1 aromatic rings. The van der Waals surface area contributed by atoms with E-state index in [2.05, 4.69) is 46.1 Å². The highest BCUT2D eigenvalue weighted by molar-refractivity contribution is 9.10. The van der Waals surface area contributed by atoms with E-state index in [1.54, 1.807) is 0 Å². The number of rotatable bonds is 7. The number of halogens is 1. The predicted molar refractivity (Wildman–Crippen MR) is 85.9 cm³/mol. The van der Waals surface area contributed by atoms with Crippen LogP contribution in [0, 0.1) is 11.8 Å². The molecule has 0 saturated heterocycles. The fourth-order valence-corrected chi connectivity index (χ4v) is 2.97. The molecule has 0 aliphatic heterocycles. The largest absolute Gasteiger partial charge is 0.477 e. The van der Waals surface area contributed by atoms with Crippen molar-refractivity contribution < 1.29 is 4.74 Å². The summed E-state index contributed by atoms with van der Waals surface area (Å²) in [6.45, 7) is 7.05. The Kier molecular flexibility index (Phi) is 6.30. The Labute approximate surface area is 130 Å². The Hall–Kier alpha value is -0.610. The number of aromatic nitrogens is 1. The van der Waals surface area contributed by atoms with E-state index in [1.807, 2.05) is 6.20 Å². The fourth-order valence-electron chi connectivity index (χ4n) is 2.59. The molecular weight excluding hydrogens is 316 g/mol. The minimum absolute atomic E-state index is 0.651. The summed E-state index contributed by atoms with van der Waals surface area (Å²) in [5.41, 5.74) is 1.14. The molecule has 0 radical (unpaired) electrons. The van der Waals surface area contributed by atoms with Crippen molar-refractivity contribution in [3.8, 4) is 5.88 Å². The van der Waals surface area contributed by atoms with E-state index in [1.165, 1.54) is 25.7 Å². The monoisotopic (exact) mass is 340 g/mol. The van der Waals surface area contributed by atoms with Crippen LogP contribution in [0.4, 0.5) is 0 Å². The van der Waals surface area contributed by atoms with Crippen LogP contribution in [0.5, 0.6) is 5.88 Å². The molecule has 1 N–H and O–H groups in total. The molecule has 0 spiro atoms. The lowest BCUT2D eigenvalue weighted by atomic mass is 10.1. The van der Waals surface area contributed by atoms with E-state index in [0.29, 0.717) is 5.92 Å². The Morgan fingerprint density at radius 3 is 2.85 bits per heavy atom. The van der Waals surface area contributed by atoms with Gasteiger partial charge in [0.15, 0.2) is 0 Å². The molecule has 0 amide bonds. The summed E-state index contributed by atoms with van der Waals surface area (Å²) in [5.74, 6) is 2.16. The van der Waals surface area contributed by atoms with E-state index in [0.717, 1.165) is 41.5 Å². The SMILES string of the molecule is CC(C)CNCc1cc(Br)cnc1OCC1CCCC1. The predicted octanol–water partition coefficient (Wildman–Crippen LogP) is 4.16. The number of hydrogen-bond donors (Lipinski definition) is 1. The van der Waals surface area contributed by atoms with Gasteiger partial charge < -0.3 is 10.1 Å². The zero-order valence-corrected chi connectivity index (χ0v) is 14.1. The first-order chi connectivity index (χ1) is 9.65. The Bertz CT molecular complexity index is 417. The molecule has 0 atom stereocenters. The quantitative estimate of drug-likeness (QED) is 0.809. The smallest absolute Gasteiger partial charge is 0.217 e. The molecule has 0 aromatic carbocycles. The standard InChI is InChI=1S/C16H25BrN2O/c1-12(2)8-18-9-14-7-15(17)10-19-16(14)20-11-13-5-3-4-6-13/h7,10,12-13,18H,3-6,8-9,11H2,1-2H3. The van der Waals surface area contributed by atoms with E-state index >= 15 is 0 Å². The normalized spacial score (nSPS) is 16.0. The number of hydrogen-bond acceptors (Lipinski definition) is 3. The van der Waals surface area contributed by atoms with Gasteiger partial charge in [-0.15, -0.1) is 0 Å². The third-order valence-electron chi connectivity index (χ3n) is 3.69. The van der Waals surface area contributed by atoms with Crippen molar-refractivity contribution in [3.63, 3.8) is 0 Å². The first-order valence-electron chi connectivity index (χ1n) is 7.63. The first-order valence-corrected chi connectivity index (χ1v) is 8.42. The molecule has 1 aromatic heterocycles. The lowest BCUT2D eigenvalue weighted by molar-refractivity contribution is 0.240. The molecule has 1 aliphatic carbocycles. The maximum Gasteiger partial charge on any atom is 0.217 e. The molecule has 1 fully saturated rings. The molecule has 20 heavy (non-hydrogen) atoms. The second-order valence-corrected chi connectivity index (χ2v) is 7.02. The van der Waals surface area contributed by atoms with Crippen molar-refractivity contribution in [1.82, 2.24) is 10.3 Å². The topological polar surface area (TPSA) is 34.2 Å². The Morgan fingerprint density at radius 2 is 2.15 bits per heavy atom. The number of ether oxygens (including phenoxy) is 1. The van der Waals surface area contributed by atoms with Crippen LogP contribution in [-0.2, 0) is 6.54 Å². The fraction of sp³-hybridized carbons (Fsp3) is 0.688. The average Bonchev–Trinajstić information content (AvgIpc) is 2.90. The van der Waals surface area contributed by atoms with E-state index in [4.69, 9.17) is 4.74 Å². The summed E-state index contributed by atoms with van der Waals surface area (Å²) in [5, 5.41) is 3.46. The highest BCUT2D eigenvalue weighted by Crippen LogP contribution is 2.26. The number of nitrogens with one attached hydrogen (secondary N) is 1. The molecular formula is C16H25BrN2O. The highest BCUT2D eigenvalue weighted by Gasteiger charge is 2.16. The first kappa shape index (κ1) is 15.8. The second-order valence-electron chi connectivity index (χ2n) is 6.10. The van der Waals surface area contributed by atoms with Crippen LogP contribution in [0.25, 0.3) is 0 Å². The van der Waals surface area contributed by atoms with Crippen molar-refractivity contribution in [2.45, 2.75) is 46.1 Å². The third kappa shape index (κ3) is 5.06. The minimum atomic E-state index is 0.651. The average molecular weight is 341 g/mol. The van der Waals surface area contributed by atoms with Gasteiger partial charge >= 0.3 is 0 Å². The molecule has 1 aliphatic rings. The van der Waals surface area contributed by atoms with Crippen LogP contribution in [0.3, 0.4) is 0 Å². The van der Waals surface area contributed by atoms with Crippen LogP contribution in [0.15, 0.2) is 16.7 Å². The van der Waals surface area contributed by atoms with Crippen molar-refractivity contribution >= 4 is 15.9 Å². The Balaban J connectivity index is 1.91. The van der Waals surface area contributed by atoms with Gasteiger partial charge in [0.2, 0.25) is 5.88 Å². The van der Waals surface area contributed by atoms with Crippen LogP contribution < -0.4 is 10.1 Å². The van der Waals surface area contributed by atoms with Gasteiger partial charge in [0.1, 0.15) is 0 Å². The maximum atomic E-state index is 5.96. The molecule has 1 heterocycles. The van der Waals surface area contributed by atoms with Crippen LogP contribution >= 0.6 is 15.9 Å².